The Kier molecular flexibility index (Phi) is 6.32. The van der Waals surface area contributed by atoms with Crippen molar-refractivity contribution >= 4 is 38.2 Å². The molecule has 2 heterocycles. The minimum Gasteiger partial charge on any atom is -0.365 e. The third-order valence-electron chi connectivity index (χ3n) is 5.24. The highest BCUT2D eigenvalue weighted by Gasteiger charge is 2.27. The highest BCUT2D eigenvalue weighted by molar-refractivity contribution is 7.89. The quantitative estimate of drug-likeness (QED) is 0.700. The number of thiophene rings is 1. The lowest BCUT2D eigenvalue weighted by atomic mass is 10.0. The summed E-state index contributed by atoms with van der Waals surface area (Å²) < 4.78 is 26.4. The first-order valence-electron chi connectivity index (χ1n) is 9.54. The van der Waals surface area contributed by atoms with E-state index >= 15 is 0 Å². The monoisotopic (exact) mass is 450 g/mol. The number of rotatable bonds is 6. The topological polar surface area (TPSA) is 113 Å². The van der Waals surface area contributed by atoms with E-state index in [9.17, 15) is 18.0 Å². The minimum absolute atomic E-state index is 0.114. The third kappa shape index (κ3) is 4.27. The van der Waals surface area contributed by atoms with Gasteiger partial charge in [-0.1, -0.05) is 0 Å². The van der Waals surface area contributed by atoms with Gasteiger partial charge < -0.3 is 16.0 Å². The largest absolute Gasteiger partial charge is 0.365 e. The molecule has 0 spiro atoms. The van der Waals surface area contributed by atoms with E-state index in [0.717, 1.165) is 17.0 Å². The smallest absolute Gasteiger partial charge is 0.256 e. The number of amides is 2. The summed E-state index contributed by atoms with van der Waals surface area (Å²) in [6.07, 6.45) is 0.701. The number of sulfonamides is 1. The van der Waals surface area contributed by atoms with Gasteiger partial charge in [-0.05, 0) is 57.1 Å². The molecule has 0 saturated carbocycles. The van der Waals surface area contributed by atoms with Crippen molar-refractivity contribution in [2.75, 3.05) is 26.0 Å². The van der Waals surface area contributed by atoms with Gasteiger partial charge in [0.25, 0.3) is 11.8 Å². The molecule has 162 valence electrons. The van der Waals surface area contributed by atoms with Gasteiger partial charge in [0, 0.05) is 36.6 Å². The van der Waals surface area contributed by atoms with Crippen molar-refractivity contribution in [2.45, 2.75) is 37.8 Å². The van der Waals surface area contributed by atoms with E-state index in [1.807, 2.05) is 7.05 Å². The van der Waals surface area contributed by atoms with Crippen LogP contribution < -0.4 is 11.1 Å². The summed E-state index contributed by atoms with van der Waals surface area (Å²) >= 11 is 1.35. The summed E-state index contributed by atoms with van der Waals surface area (Å²) in [7, 11) is -0.114. The van der Waals surface area contributed by atoms with Crippen LogP contribution in [0, 0.1) is 0 Å². The number of carbonyl (C=O) groups excluding carboxylic acids is 2. The van der Waals surface area contributed by atoms with Crippen molar-refractivity contribution in [1.29, 1.82) is 0 Å². The second-order valence-corrected chi connectivity index (χ2v) is 10.8. The van der Waals surface area contributed by atoms with Crippen molar-refractivity contribution in [3.8, 4) is 0 Å². The molecule has 0 fully saturated rings. The van der Waals surface area contributed by atoms with Crippen molar-refractivity contribution in [3.63, 3.8) is 0 Å². The number of benzene rings is 1. The molecule has 0 aliphatic carbocycles. The van der Waals surface area contributed by atoms with E-state index in [2.05, 4.69) is 10.2 Å². The fourth-order valence-corrected chi connectivity index (χ4v) is 5.97. The van der Waals surface area contributed by atoms with Gasteiger partial charge in [0.1, 0.15) is 5.00 Å². The number of likely N-dealkylation sites (N-methyl/N-ethyl adjacent to an activating group) is 1. The Hall–Kier alpha value is -2.27. The molecular formula is C20H26N4O4S2. The summed E-state index contributed by atoms with van der Waals surface area (Å²) in [5.41, 5.74) is 7.15. The Bertz CT molecular complexity index is 1070. The average Bonchev–Trinajstić information content (AvgIpc) is 3.04. The maximum Gasteiger partial charge on any atom is 0.256 e. The first kappa shape index (κ1) is 22.4. The van der Waals surface area contributed by atoms with Crippen LogP contribution in [0.4, 0.5) is 5.00 Å². The number of anilines is 1. The van der Waals surface area contributed by atoms with Crippen molar-refractivity contribution < 1.29 is 18.0 Å². The van der Waals surface area contributed by atoms with Gasteiger partial charge in [0.2, 0.25) is 10.0 Å². The number of hydrogen-bond donors (Lipinski definition) is 2. The highest BCUT2D eigenvalue weighted by atomic mass is 32.2. The number of hydrogen-bond acceptors (Lipinski definition) is 6. The molecule has 10 heteroatoms. The third-order valence-corrected chi connectivity index (χ3v) is 8.42. The Balaban J connectivity index is 1.85. The van der Waals surface area contributed by atoms with Gasteiger partial charge in [-0.3, -0.25) is 9.59 Å². The molecule has 0 atom stereocenters. The maximum absolute atomic E-state index is 12.7. The molecule has 0 unspecified atom stereocenters. The van der Waals surface area contributed by atoms with E-state index in [1.165, 1.54) is 47.0 Å². The van der Waals surface area contributed by atoms with E-state index < -0.39 is 21.8 Å². The molecule has 1 aromatic carbocycles. The molecule has 0 saturated heterocycles. The maximum atomic E-state index is 12.7. The van der Waals surface area contributed by atoms with Crippen LogP contribution in [-0.2, 0) is 23.0 Å². The molecule has 0 bridgehead atoms. The number of carbonyl (C=O) groups is 2. The zero-order valence-corrected chi connectivity index (χ0v) is 19.1. The van der Waals surface area contributed by atoms with Gasteiger partial charge in [0.05, 0.1) is 10.5 Å². The molecule has 1 aliphatic heterocycles. The summed E-state index contributed by atoms with van der Waals surface area (Å²) in [6, 6.07) is 5.55. The predicted molar refractivity (Wildman–Crippen MR) is 117 cm³/mol. The molecule has 3 rings (SSSR count). The fourth-order valence-electron chi connectivity index (χ4n) is 3.28. The molecule has 0 radical (unpaired) electrons. The molecule has 2 amide bonds. The van der Waals surface area contributed by atoms with E-state index in [1.54, 1.807) is 13.8 Å². The molecular weight excluding hydrogens is 424 g/mol. The van der Waals surface area contributed by atoms with Gasteiger partial charge in [-0.15, -0.1) is 11.3 Å². The summed E-state index contributed by atoms with van der Waals surface area (Å²) in [4.78, 5) is 28.0. The number of primary amides is 1. The average molecular weight is 451 g/mol. The highest BCUT2D eigenvalue weighted by Crippen LogP contribution is 2.36. The van der Waals surface area contributed by atoms with Crippen LogP contribution in [0.2, 0.25) is 0 Å². The van der Waals surface area contributed by atoms with Crippen LogP contribution in [0.3, 0.4) is 0 Å². The molecule has 1 aliphatic rings. The molecule has 2 aromatic rings. The van der Waals surface area contributed by atoms with Gasteiger partial charge in [0.15, 0.2) is 0 Å². The number of nitrogens with one attached hydrogen (secondary N) is 1. The van der Waals surface area contributed by atoms with Crippen molar-refractivity contribution in [3.05, 3.63) is 45.8 Å². The van der Waals surface area contributed by atoms with Crippen LogP contribution in [0.15, 0.2) is 29.2 Å². The SMILES string of the molecule is CC(C)N(C)S(=O)(=O)c1ccc(C(=O)Nc2sc3c(c2C(N)=O)CCN(C)C3)cc1. The molecule has 3 N–H and O–H groups in total. The zero-order valence-electron chi connectivity index (χ0n) is 17.4. The van der Waals surface area contributed by atoms with E-state index in [-0.39, 0.29) is 10.9 Å². The second kappa shape index (κ2) is 8.46. The Labute approximate surface area is 180 Å². The zero-order chi connectivity index (χ0) is 22.2. The second-order valence-electron chi connectivity index (χ2n) is 7.65. The Morgan fingerprint density at radius 3 is 2.43 bits per heavy atom. The molecule has 30 heavy (non-hydrogen) atoms. The molecule has 8 nitrogen and oxygen atoms in total. The summed E-state index contributed by atoms with van der Waals surface area (Å²) in [6.45, 7) is 5.09. The van der Waals surface area contributed by atoms with Gasteiger partial charge >= 0.3 is 0 Å². The van der Waals surface area contributed by atoms with Gasteiger partial charge in [-0.2, -0.15) is 4.31 Å². The van der Waals surface area contributed by atoms with Crippen molar-refractivity contribution in [1.82, 2.24) is 9.21 Å². The minimum atomic E-state index is -3.63. The summed E-state index contributed by atoms with van der Waals surface area (Å²) in [5.74, 6) is -0.990. The summed E-state index contributed by atoms with van der Waals surface area (Å²) in [5, 5.41) is 3.21. The lowest BCUT2D eigenvalue weighted by Crippen LogP contribution is -2.33. The normalized spacial score (nSPS) is 14.7. The van der Waals surface area contributed by atoms with Crippen LogP contribution in [0.5, 0.6) is 0 Å². The Morgan fingerprint density at radius 1 is 1.23 bits per heavy atom. The lowest BCUT2D eigenvalue weighted by Gasteiger charge is -2.22. The van der Waals surface area contributed by atoms with Crippen LogP contribution in [0.1, 0.15) is 45.0 Å². The van der Waals surface area contributed by atoms with Crippen molar-refractivity contribution in [2.24, 2.45) is 5.73 Å². The van der Waals surface area contributed by atoms with Gasteiger partial charge in [-0.25, -0.2) is 8.42 Å². The molecule has 1 aromatic heterocycles. The van der Waals surface area contributed by atoms with E-state index in [0.29, 0.717) is 29.1 Å². The van der Waals surface area contributed by atoms with Crippen LogP contribution in [-0.4, -0.2) is 56.1 Å². The predicted octanol–water partition coefficient (Wildman–Crippen LogP) is 2.12. The first-order chi connectivity index (χ1) is 14.0. The van der Waals surface area contributed by atoms with E-state index in [4.69, 9.17) is 5.73 Å². The van der Waals surface area contributed by atoms with Crippen LogP contribution in [0.25, 0.3) is 0 Å². The lowest BCUT2D eigenvalue weighted by molar-refractivity contribution is 0.1000. The standard InChI is InChI=1S/C20H26N4O4S2/c1-12(2)24(4)30(27,28)14-7-5-13(6-8-14)19(26)22-20-17(18(21)25)15-9-10-23(3)11-16(15)29-20/h5-8,12H,9-11H2,1-4H3,(H2,21,25)(H,22,26). The fraction of sp³-hybridized carbons (Fsp3) is 0.400. The number of nitrogens with zero attached hydrogens (tertiary/aromatic N) is 2. The van der Waals surface area contributed by atoms with Crippen LogP contribution >= 0.6 is 11.3 Å². The number of nitrogens with two attached hydrogens (primary N) is 1. The Morgan fingerprint density at radius 2 is 1.87 bits per heavy atom. The number of fused-ring (bicyclic) bond motifs is 1. The first-order valence-corrected chi connectivity index (χ1v) is 11.8.